The second-order valence-corrected chi connectivity index (χ2v) is 4.89. The highest BCUT2D eigenvalue weighted by atomic mass is 16.3. The van der Waals surface area contributed by atoms with Crippen molar-refractivity contribution in [3.63, 3.8) is 0 Å². The van der Waals surface area contributed by atoms with E-state index < -0.39 is 0 Å². The van der Waals surface area contributed by atoms with Gasteiger partial charge in [-0.1, -0.05) is 0 Å². The van der Waals surface area contributed by atoms with Crippen LogP contribution in [0.25, 0.3) is 11.0 Å². The number of hydrogen-bond acceptors (Lipinski definition) is 6. The fourth-order valence-corrected chi connectivity index (χ4v) is 2.61. The normalized spacial score (nSPS) is 15.7. The number of nitrogens with zero attached hydrogens (tertiary/aromatic N) is 3. The third-order valence-corrected chi connectivity index (χ3v) is 3.52. The maximum Gasteiger partial charge on any atom is 0.185 e. The zero-order valence-electron chi connectivity index (χ0n) is 10.9. The van der Waals surface area contributed by atoms with E-state index in [1.165, 1.54) is 5.56 Å². The second-order valence-electron chi connectivity index (χ2n) is 4.89. The molecule has 0 fully saturated rings. The molecule has 0 spiro atoms. The molecule has 0 atom stereocenters. The largest absolute Gasteiger partial charge is 0.395 e. The molecule has 0 aliphatic carbocycles. The molecule has 2 aromatic heterocycles. The Hall–Kier alpha value is -1.86. The average molecular weight is 262 g/mol. The van der Waals surface area contributed by atoms with E-state index in [4.69, 9.17) is 10.8 Å². The number of aromatic amines is 1. The van der Waals surface area contributed by atoms with Gasteiger partial charge >= 0.3 is 0 Å². The molecule has 3 heterocycles. The van der Waals surface area contributed by atoms with Crippen molar-refractivity contribution in [3.8, 4) is 0 Å². The van der Waals surface area contributed by atoms with Gasteiger partial charge in [-0.15, -0.1) is 0 Å². The molecule has 1 aliphatic heterocycles. The Balaban J connectivity index is 2.17. The number of H-pyrrole nitrogens is 1. The van der Waals surface area contributed by atoms with Gasteiger partial charge in [0.05, 0.1) is 12.0 Å². The fraction of sp³-hybridized carbons (Fsp3) is 0.500. The molecule has 3 rings (SSSR count). The Bertz CT molecular complexity index is 608. The van der Waals surface area contributed by atoms with Crippen LogP contribution in [0.15, 0.2) is 0 Å². The number of hydrogen-bond donors (Lipinski definition) is 4. The van der Waals surface area contributed by atoms with Gasteiger partial charge in [0.1, 0.15) is 11.6 Å². The first-order valence-corrected chi connectivity index (χ1v) is 6.39. The van der Waals surface area contributed by atoms with Crippen molar-refractivity contribution in [3.05, 3.63) is 11.1 Å². The summed E-state index contributed by atoms with van der Waals surface area (Å²) in [5, 5.41) is 20.0. The van der Waals surface area contributed by atoms with Crippen LogP contribution in [0.1, 0.15) is 11.1 Å². The summed E-state index contributed by atoms with van der Waals surface area (Å²) in [6.45, 7) is 2.38. The quantitative estimate of drug-likeness (QED) is 0.617. The Kier molecular flexibility index (Phi) is 3.00. The first-order valence-electron chi connectivity index (χ1n) is 6.39. The third kappa shape index (κ3) is 2.00. The second kappa shape index (κ2) is 4.67. The van der Waals surface area contributed by atoms with Crippen molar-refractivity contribution in [2.24, 2.45) is 0 Å². The summed E-state index contributed by atoms with van der Waals surface area (Å²) in [5.74, 6) is 1.38. The highest BCUT2D eigenvalue weighted by molar-refractivity contribution is 5.92. The van der Waals surface area contributed by atoms with Crippen molar-refractivity contribution in [1.82, 2.24) is 20.1 Å². The summed E-state index contributed by atoms with van der Waals surface area (Å²) < 4.78 is 0. The molecule has 0 unspecified atom stereocenters. The van der Waals surface area contributed by atoms with E-state index in [1.807, 2.05) is 0 Å². The Labute approximate surface area is 110 Å². The van der Waals surface area contributed by atoms with Crippen molar-refractivity contribution < 1.29 is 5.11 Å². The van der Waals surface area contributed by atoms with Crippen LogP contribution in [-0.4, -0.2) is 51.9 Å². The van der Waals surface area contributed by atoms with Gasteiger partial charge < -0.3 is 21.1 Å². The van der Waals surface area contributed by atoms with E-state index in [1.54, 1.807) is 0 Å². The van der Waals surface area contributed by atoms with E-state index in [9.17, 15) is 0 Å². The predicted octanol–water partition coefficient (Wildman–Crippen LogP) is -0.0678. The molecule has 7 nitrogen and oxygen atoms in total. The number of rotatable bonds is 3. The molecule has 1 aliphatic rings. The number of nitrogen functional groups attached to an aromatic ring is 1. The molecule has 102 valence electrons. The summed E-state index contributed by atoms with van der Waals surface area (Å²) in [7, 11) is 2.09. The lowest BCUT2D eigenvalue weighted by Gasteiger charge is -2.27. The third-order valence-electron chi connectivity index (χ3n) is 3.52. The number of pyridine rings is 1. The van der Waals surface area contributed by atoms with Gasteiger partial charge in [-0.25, -0.2) is 4.98 Å². The lowest BCUT2D eigenvalue weighted by atomic mass is 9.98. The molecule has 0 radical (unpaired) electrons. The molecule has 7 heteroatoms. The van der Waals surface area contributed by atoms with Crippen LogP contribution in [0, 0.1) is 0 Å². The molecular formula is C12H18N6O. The van der Waals surface area contributed by atoms with Gasteiger partial charge in [0, 0.05) is 25.2 Å². The van der Waals surface area contributed by atoms with Crippen LogP contribution in [0.2, 0.25) is 0 Å². The van der Waals surface area contributed by atoms with Gasteiger partial charge in [0.25, 0.3) is 0 Å². The molecule has 0 aromatic carbocycles. The highest BCUT2D eigenvalue weighted by Gasteiger charge is 2.23. The SMILES string of the molecule is CN1CCc2c(c(NCCO)nc3n[nH]c(N)c23)C1. The van der Waals surface area contributed by atoms with Crippen molar-refractivity contribution in [2.45, 2.75) is 13.0 Å². The number of aromatic nitrogens is 3. The van der Waals surface area contributed by atoms with E-state index in [0.717, 1.165) is 36.3 Å². The topological polar surface area (TPSA) is 103 Å². The lowest BCUT2D eigenvalue weighted by Crippen LogP contribution is -2.28. The molecule has 0 saturated heterocycles. The summed E-state index contributed by atoms with van der Waals surface area (Å²) >= 11 is 0. The average Bonchev–Trinajstić information content (AvgIpc) is 2.77. The van der Waals surface area contributed by atoms with Crippen LogP contribution in [0.3, 0.4) is 0 Å². The van der Waals surface area contributed by atoms with Crippen LogP contribution < -0.4 is 11.1 Å². The minimum absolute atomic E-state index is 0.0764. The first-order chi connectivity index (χ1) is 9.20. The Morgan fingerprint density at radius 1 is 1.47 bits per heavy atom. The van der Waals surface area contributed by atoms with Gasteiger partial charge in [-0.3, -0.25) is 5.10 Å². The molecule has 0 saturated carbocycles. The van der Waals surface area contributed by atoms with Crippen LogP contribution in [0.4, 0.5) is 11.6 Å². The molecule has 5 N–H and O–H groups in total. The number of fused-ring (bicyclic) bond motifs is 3. The summed E-state index contributed by atoms with van der Waals surface area (Å²) in [4.78, 5) is 6.76. The van der Waals surface area contributed by atoms with Gasteiger partial charge in [-0.2, -0.15) is 5.10 Å². The predicted molar refractivity (Wildman–Crippen MR) is 73.9 cm³/mol. The minimum atomic E-state index is 0.0764. The van der Waals surface area contributed by atoms with Crippen molar-refractivity contribution in [2.75, 3.05) is 37.8 Å². The number of nitrogens with one attached hydrogen (secondary N) is 2. The summed E-state index contributed by atoms with van der Waals surface area (Å²) in [6, 6.07) is 0. The van der Waals surface area contributed by atoms with Crippen LogP contribution in [0.5, 0.6) is 0 Å². The standard InChI is InChI=1S/C12H18N6O/c1-18-4-2-7-8(6-18)11(14-3-5-19)15-12-9(7)10(13)16-17-12/h19H,2-6H2,1H3,(H4,13,14,15,16,17). The Morgan fingerprint density at radius 3 is 3.11 bits per heavy atom. The smallest absolute Gasteiger partial charge is 0.185 e. The monoisotopic (exact) mass is 262 g/mol. The molecular weight excluding hydrogens is 244 g/mol. The molecule has 2 aromatic rings. The van der Waals surface area contributed by atoms with E-state index >= 15 is 0 Å². The summed E-state index contributed by atoms with van der Waals surface area (Å²) in [5.41, 5.74) is 8.97. The van der Waals surface area contributed by atoms with E-state index in [2.05, 4.69) is 32.4 Å². The Morgan fingerprint density at radius 2 is 2.32 bits per heavy atom. The molecule has 0 bridgehead atoms. The lowest BCUT2D eigenvalue weighted by molar-refractivity contribution is 0.308. The van der Waals surface area contributed by atoms with Crippen LogP contribution in [-0.2, 0) is 13.0 Å². The maximum absolute atomic E-state index is 8.96. The van der Waals surface area contributed by atoms with E-state index in [0.29, 0.717) is 18.0 Å². The minimum Gasteiger partial charge on any atom is -0.395 e. The van der Waals surface area contributed by atoms with Gasteiger partial charge in [0.2, 0.25) is 0 Å². The molecule has 19 heavy (non-hydrogen) atoms. The number of likely N-dealkylation sites (N-methyl/N-ethyl adjacent to an activating group) is 1. The fourth-order valence-electron chi connectivity index (χ4n) is 2.61. The zero-order chi connectivity index (χ0) is 13.4. The van der Waals surface area contributed by atoms with Crippen LogP contribution >= 0.6 is 0 Å². The highest BCUT2D eigenvalue weighted by Crippen LogP contribution is 2.32. The first kappa shape index (κ1) is 12.2. The number of aliphatic hydroxyl groups is 1. The van der Waals surface area contributed by atoms with Gasteiger partial charge in [-0.05, 0) is 19.0 Å². The van der Waals surface area contributed by atoms with Crippen molar-refractivity contribution in [1.29, 1.82) is 0 Å². The summed E-state index contributed by atoms with van der Waals surface area (Å²) in [6.07, 6.45) is 0.933. The number of nitrogens with two attached hydrogens (primary N) is 1. The number of anilines is 2. The zero-order valence-corrected chi connectivity index (χ0v) is 10.9. The molecule has 0 amide bonds. The maximum atomic E-state index is 8.96. The van der Waals surface area contributed by atoms with Crippen molar-refractivity contribution >= 4 is 22.7 Å². The van der Waals surface area contributed by atoms with Gasteiger partial charge in [0.15, 0.2) is 5.65 Å². The van der Waals surface area contributed by atoms with E-state index in [-0.39, 0.29) is 6.61 Å². The number of aliphatic hydroxyl groups excluding tert-OH is 1.